The number of fused-ring (bicyclic) bond motifs is 2. The Labute approximate surface area is 252 Å². The summed E-state index contributed by atoms with van der Waals surface area (Å²) >= 11 is 0. The number of hydrogen-bond acceptors (Lipinski definition) is 6. The van der Waals surface area contributed by atoms with Crippen molar-refractivity contribution in [2.45, 2.75) is 24.9 Å². The number of hydrogen-bond donors (Lipinski definition) is 4. The molecule has 0 heterocycles. The smallest absolute Gasteiger partial charge is 0.251 e. The van der Waals surface area contributed by atoms with Gasteiger partial charge in [0.05, 0.1) is 14.2 Å². The molecule has 0 saturated heterocycles. The van der Waals surface area contributed by atoms with E-state index in [-0.39, 0.29) is 35.2 Å². The number of nitrogens with one attached hydrogen (secondary N) is 3. The Hall–Kier alpha value is -4.59. The number of phenolic OH excluding ortho intramolecular Hbond substituents is 1. The molecular weight excluding hydrogens is 538 g/mol. The average Bonchev–Trinajstić information content (AvgIpc) is 3.04. The molecule has 4 N–H and O–H groups in total. The number of likely N-dealkylation sites (N-methyl/N-ethyl adjacent to an activating group) is 1. The Balaban J connectivity index is 1.40. The van der Waals surface area contributed by atoms with Gasteiger partial charge in [0.1, 0.15) is 0 Å². The number of amides is 1. The van der Waals surface area contributed by atoms with Crippen molar-refractivity contribution in [1.29, 1.82) is 0 Å². The maximum atomic E-state index is 13.6. The lowest BCUT2D eigenvalue weighted by Gasteiger charge is -2.25. The molecule has 7 nitrogen and oxygen atoms in total. The second-order valence-electron chi connectivity index (χ2n) is 10.7. The van der Waals surface area contributed by atoms with Crippen LogP contribution in [0.2, 0.25) is 0 Å². The molecular formula is C36H39N3O4. The zero-order valence-corrected chi connectivity index (χ0v) is 24.9. The molecule has 0 aromatic heterocycles. The minimum absolute atomic E-state index is 0.136. The van der Waals surface area contributed by atoms with E-state index in [1.54, 1.807) is 0 Å². The van der Waals surface area contributed by atoms with Crippen molar-refractivity contribution in [2.24, 2.45) is 0 Å². The lowest BCUT2D eigenvalue weighted by Crippen LogP contribution is -2.48. The van der Waals surface area contributed by atoms with E-state index in [1.165, 1.54) is 48.1 Å². The predicted molar refractivity (Wildman–Crippen MR) is 173 cm³/mol. The van der Waals surface area contributed by atoms with E-state index in [4.69, 9.17) is 9.47 Å². The Morgan fingerprint density at radius 2 is 1.23 bits per heavy atom. The Bertz CT molecular complexity index is 1670. The molecule has 0 unspecified atom stereocenters. The van der Waals surface area contributed by atoms with Gasteiger partial charge in [-0.3, -0.25) is 4.79 Å². The maximum Gasteiger partial charge on any atom is 0.251 e. The van der Waals surface area contributed by atoms with Gasteiger partial charge in [0.25, 0.3) is 5.91 Å². The molecule has 0 aliphatic carbocycles. The minimum atomic E-state index is -0.275. The molecule has 5 aromatic carbocycles. The van der Waals surface area contributed by atoms with Gasteiger partial charge in [-0.15, -0.1) is 0 Å². The topological polar surface area (TPSA) is 91.9 Å². The number of carbonyl (C=O) groups excluding carboxylic acids is 1. The summed E-state index contributed by atoms with van der Waals surface area (Å²) in [6.07, 6.45) is 1.47. The van der Waals surface area contributed by atoms with E-state index in [0.717, 1.165) is 23.9 Å². The van der Waals surface area contributed by atoms with Gasteiger partial charge in [-0.1, -0.05) is 84.9 Å². The van der Waals surface area contributed by atoms with E-state index in [0.29, 0.717) is 18.5 Å². The molecule has 0 spiro atoms. The lowest BCUT2D eigenvalue weighted by molar-refractivity contribution is 0.0935. The lowest BCUT2D eigenvalue weighted by atomic mass is 9.97. The van der Waals surface area contributed by atoms with Crippen molar-refractivity contribution in [3.63, 3.8) is 0 Å². The number of methoxy groups -OCH3 is 2. The summed E-state index contributed by atoms with van der Waals surface area (Å²) in [5.41, 5.74) is 2.78. The van der Waals surface area contributed by atoms with Crippen LogP contribution in [0.3, 0.4) is 0 Å². The van der Waals surface area contributed by atoms with E-state index in [2.05, 4.69) is 88.7 Å². The molecule has 222 valence electrons. The fourth-order valence-electron chi connectivity index (χ4n) is 5.71. The molecule has 2 atom stereocenters. The largest absolute Gasteiger partial charge is 0.502 e. The van der Waals surface area contributed by atoms with Crippen molar-refractivity contribution < 1.29 is 19.4 Å². The fourth-order valence-corrected chi connectivity index (χ4v) is 5.71. The summed E-state index contributed by atoms with van der Waals surface area (Å²) in [6.45, 7) is 1.32. The van der Waals surface area contributed by atoms with Crippen molar-refractivity contribution in [2.75, 3.05) is 34.4 Å². The van der Waals surface area contributed by atoms with Crippen LogP contribution < -0.4 is 25.4 Å². The van der Waals surface area contributed by atoms with E-state index >= 15 is 0 Å². The van der Waals surface area contributed by atoms with Crippen molar-refractivity contribution >= 4 is 27.5 Å². The molecule has 0 bridgehead atoms. The Kier molecular flexibility index (Phi) is 9.77. The molecule has 5 aromatic rings. The summed E-state index contributed by atoms with van der Waals surface area (Å²) in [4.78, 5) is 13.6. The van der Waals surface area contributed by atoms with Gasteiger partial charge >= 0.3 is 0 Å². The monoisotopic (exact) mass is 577 g/mol. The highest BCUT2D eigenvalue weighted by molar-refractivity contribution is 5.96. The summed E-state index contributed by atoms with van der Waals surface area (Å²) in [5.74, 6) is -0.0588. The number of phenols is 1. The molecule has 7 heteroatoms. The van der Waals surface area contributed by atoms with Crippen molar-refractivity contribution in [1.82, 2.24) is 16.0 Å². The number of carbonyl (C=O) groups is 1. The first kappa shape index (κ1) is 29.9. The normalized spacial score (nSPS) is 12.6. The van der Waals surface area contributed by atoms with Gasteiger partial charge in [0.15, 0.2) is 11.5 Å². The average molecular weight is 578 g/mol. The van der Waals surface area contributed by atoms with Gasteiger partial charge in [0.2, 0.25) is 5.75 Å². The SMILES string of the molecule is CNC[C@@H](Cc1cccc2ccccc12)NC[C@H](Cc1cccc2ccccc12)NC(=O)c1cc(OC)c(O)c(OC)c1. The van der Waals surface area contributed by atoms with Gasteiger partial charge < -0.3 is 30.5 Å². The van der Waals surface area contributed by atoms with Crippen LogP contribution in [0.1, 0.15) is 21.5 Å². The van der Waals surface area contributed by atoms with Crippen molar-refractivity contribution in [3.05, 3.63) is 114 Å². The van der Waals surface area contributed by atoms with Crippen LogP contribution in [-0.2, 0) is 12.8 Å². The highest BCUT2D eigenvalue weighted by atomic mass is 16.5. The number of ether oxygens (including phenoxy) is 2. The molecule has 0 aliphatic heterocycles. The van der Waals surface area contributed by atoms with Crippen LogP contribution in [0.15, 0.2) is 97.1 Å². The molecule has 5 rings (SSSR count). The highest BCUT2D eigenvalue weighted by Crippen LogP contribution is 2.37. The van der Waals surface area contributed by atoms with Crippen LogP contribution in [0.25, 0.3) is 21.5 Å². The second-order valence-corrected chi connectivity index (χ2v) is 10.7. The van der Waals surface area contributed by atoms with Crippen LogP contribution in [0.4, 0.5) is 0 Å². The molecule has 0 aliphatic rings. The Morgan fingerprint density at radius 3 is 1.77 bits per heavy atom. The third kappa shape index (κ3) is 7.08. The van der Waals surface area contributed by atoms with E-state index in [1.807, 2.05) is 19.2 Å². The first-order chi connectivity index (χ1) is 21.0. The van der Waals surface area contributed by atoms with E-state index < -0.39 is 0 Å². The maximum absolute atomic E-state index is 13.6. The van der Waals surface area contributed by atoms with Gasteiger partial charge in [-0.05, 0) is 64.7 Å². The first-order valence-corrected chi connectivity index (χ1v) is 14.6. The van der Waals surface area contributed by atoms with E-state index in [9.17, 15) is 9.90 Å². The third-order valence-electron chi connectivity index (χ3n) is 7.87. The van der Waals surface area contributed by atoms with Crippen LogP contribution in [0, 0.1) is 0 Å². The highest BCUT2D eigenvalue weighted by Gasteiger charge is 2.21. The van der Waals surface area contributed by atoms with Crippen molar-refractivity contribution in [3.8, 4) is 17.2 Å². The van der Waals surface area contributed by atoms with Crippen LogP contribution in [-0.4, -0.2) is 57.5 Å². The van der Waals surface area contributed by atoms with Gasteiger partial charge in [0, 0.05) is 30.7 Å². The molecule has 1 amide bonds. The summed E-state index contributed by atoms with van der Waals surface area (Å²) in [5, 5.41) is 25.5. The molecule has 0 saturated carbocycles. The number of rotatable bonds is 13. The Morgan fingerprint density at radius 1 is 0.721 bits per heavy atom. The number of benzene rings is 5. The first-order valence-electron chi connectivity index (χ1n) is 14.6. The molecule has 43 heavy (non-hydrogen) atoms. The fraction of sp³-hybridized carbons (Fsp3) is 0.250. The predicted octanol–water partition coefficient (Wildman–Crippen LogP) is 5.48. The zero-order chi connectivity index (χ0) is 30.2. The van der Waals surface area contributed by atoms with Gasteiger partial charge in [-0.25, -0.2) is 0 Å². The molecule has 0 fully saturated rings. The molecule has 0 radical (unpaired) electrons. The standard InChI is InChI=1S/C36H39N3O4/c1-37-22-29(18-26-14-8-12-24-10-4-6-16-31(24)26)38-23-30(19-27-15-9-13-25-11-5-7-17-32(25)27)39-36(41)28-20-33(42-2)35(40)34(21-28)43-3/h4-17,20-21,29-30,37-38,40H,18-19,22-23H2,1-3H3,(H,39,41)/t29-,30+/m1/s1. The van der Waals surface area contributed by atoms with Crippen LogP contribution >= 0.6 is 0 Å². The second kappa shape index (κ2) is 14.1. The summed E-state index contributed by atoms with van der Waals surface area (Å²) in [6, 6.07) is 32.4. The quantitative estimate of drug-likeness (QED) is 0.148. The van der Waals surface area contributed by atoms with Gasteiger partial charge in [-0.2, -0.15) is 0 Å². The minimum Gasteiger partial charge on any atom is -0.502 e. The summed E-state index contributed by atoms with van der Waals surface area (Å²) < 4.78 is 10.6. The zero-order valence-electron chi connectivity index (χ0n) is 24.9. The number of aromatic hydroxyl groups is 1. The summed E-state index contributed by atoms with van der Waals surface area (Å²) in [7, 11) is 4.85. The third-order valence-corrected chi connectivity index (χ3v) is 7.87. The van der Waals surface area contributed by atoms with Crippen LogP contribution in [0.5, 0.6) is 17.2 Å².